The molecule has 2 heterocycles. The molecule has 0 aliphatic carbocycles. The van der Waals surface area contributed by atoms with Gasteiger partial charge in [-0.15, -0.1) is 0 Å². The van der Waals surface area contributed by atoms with E-state index >= 15 is 0 Å². The van der Waals surface area contributed by atoms with Crippen LogP contribution in [0.3, 0.4) is 0 Å². The predicted octanol–water partition coefficient (Wildman–Crippen LogP) is 1.26. The summed E-state index contributed by atoms with van der Waals surface area (Å²) in [5, 5.41) is 0. The molecule has 2 aliphatic rings. The van der Waals surface area contributed by atoms with Gasteiger partial charge >= 0.3 is 5.97 Å². The van der Waals surface area contributed by atoms with E-state index in [0.717, 1.165) is 0 Å². The average Bonchev–Trinajstić information content (AvgIpc) is 2.62. The summed E-state index contributed by atoms with van der Waals surface area (Å²) in [5.41, 5.74) is 0.522. The van der Waals surface area contributed by atoms with Gasteiger partial charge in [0, 0.05) is 11.5 Å². The number of cyclic esters (lactones) is 1. The molecule has 2 aliphatic heterocycles. The molecule has 84 valence electrons. The van der Waals surface area contributed by atoms with Gasteiger partial charge in [-0.05, 0) is 13.8 Å². The van der Waals surface area contributed by atoms with Crippen molar-refractivity contribution in [3.63, 3.8) is 0 Å². The highest BCUT2D eigenvalue weighted by atomic mass is 16.8. The highest BCUT2D eigenvalue weighted by Gasteiger charge is 2.46. The maximum absolute atomic E-state index is 11.3. The van der Waals surface area contributed by atoms with Crippen molar-refractivity contribution in [2.75, 3.05) is 6.61 Å². The van der Waals surface area contributed by atoms with Gasteiger partial charge in [-0.3, -0.25) is 0 Å². The molecule has 0 saturated carbocycles. The first-order valence-electron chi connectivity index (χ1n) is 5.12. The molecule has 2 rings (SSSR count). The summed E-state index contributed by atoms with van der Waals surface area (Å²) in [7, 11) is 0. The van der Waals surface area contributed by atoms with Crippen LogP contribution in [0.5, 0.6) is 0 Å². The minimum absolute atomic E-state index is 0.000000000000000444. The van der Waals surface area contributed by atoms with Crippen LogP contribution in [0.25, 0.3) is 0 Å². The normalized spacial score (nSPS) is 39.5. The quantitative estimate of drug-likeness (QED) is 0.485. The highest BCUT2D eigenvalue weighted by Crippen LogP contribution is 2.34. The summed E-state index contributed by atoms with van der Waals surface area (Å²) in [6, 6.07) is 0. The number of carbonyl (C=O) groups excluding carboxylic acids is 1. The van der Waals surface area contributed by atoms with Gasteiger partial charge in [-0.1, -0.05) is 13.5 Å². The minimum atomic E-state index is -0.583. The molecule has 0 bridgehead atoms. The Labute approximate surface area is 89.2 Å². The Morgan fingerprint density at radius 3 is 2.53 bits per heavy atom. The van der Waals surface area contributed by atoms with E-state index in [0.29, 0.717) is 12.2 Å². The second-order valence-corrected chi connectivity index (χ2v) is 4.55. The summed E-state index contributed by atoms with van der Waals surface area (Å²) in [4.78, 5) is 11.3. The number of hydrogen-bond donors (Lipinski definition) is 0. The molecule has 4 heteroatoms. The zero-order valence-electron chi connectivity index (χ0n) is 9.28. The molecule has 1 unspecified atom stereocenters. The lowest BCUT2D eigenvalue weighted by Crippen LogP contribution is -2.34. The third-order valence-electron chi connectivity index (χ3n) is 2.94. The Balaban J connectivity index is 2.08. The zero-order chi connectivity index (χ0) is 11.2. The van der Waals surface area contributed by atoms with Crippen molar-refractivity contribution in [2.24, 2.45) is 5.92 Å². The lowest BCUT2D eigenvalue weighted by molar-refractivity contribution is -0.163. The van der Waals surface area contributed by atoms with E-state index in [4.69, 9.17) is 14.2 Å². The van der Waals surface area contributed by atoms with Crippen LogP contribution in [0.15, 0.2) is 12.2 Å². The Kier molecular flexibility index (Phi) is 2.35. The Bertz CT molecular complexity index is 308. The summed E-state index contributed by atoms with van der Waals surface area (Å²) in [5.74, 6) is -0.901. The van der Waals surface area contributed by atoms with Gasteiger partial charge in [0.2, 0.25) is 0 Å². The number of rotatable bonds is 1. The van der Waals surface area contributed by atoms with Crippen molar-refractivity contribution in [1.82, 2.24) is 0 Å². The Hall–Kier alpha value is -0.870. The van der Waals surface area contributed by atoms with Gasteiger partial charge in [0.1, 0.15) is 12.2 Å². The van der Waals surface area contributed by atoms with Crippen LogP contribution < -0.4 is 0 Å². The number of ether oxygens (including phenoxy) is 3. The van der Waals surface area contributed by atoms with Gasteiger partial charge in [0.15, 0.2) is 5.79 Å². The van der Waals surface area contributed by atoms with Crippen LogP contribution in [0.4, 0.5) is 0 Å². The fraction of sp³-hybridized carbons (Fsp3) is 0.727. The van der Waals surface area contributed by atoms with E-state index in [1.54, 1.807) is 0 Å². The number of carbonyl (C=O) groups is 1. The molecule has 3 atom stereocenters. The van der Waals surface area contributed by atoms with Crippen molar-refractivity contribution < 1.29 is 19.0 Å². The standard InChI is InChI=1S/C11H16O4/c1-6-7(2)10(12)14-9(6)8-5-13-11(3,4)15-8/h6,8-9H,2,5H2,1,3-4H3/t6-,8-,9?/m1/s1. The monoisotopic (exact) mass is 212 g/mol. The molecule has 0 spiro atoms. The van der Waals surface area contributed by atoms with Crippen LogP contribution in [-0.4, -0.2) is 30.6 Å². The first-order valence-corrected chi connectivity index (χ1v) is 5.12. The van der Waals surface area contributed by atoms with Gasteiger partial charge in [-0.25, -0.2) is 4.79 Å². The average molecular weight is 212 g/mol. The third kappa shape index (κ3) is 1.79. The van der Waals surface area contributed by atoms with Crippen LogP contribution in [0.1, 0.15) is 20.8 Å². The van der Waals surface area contributed by atoms with Crippen molar-refractivity contribution in [1.29, 1.82) is 0 Å². The lowest BCUT2D eigenvalue weighted by atomic mass is 9.96. The van der Waals surface area contributed by atoms with E-state index in [2.05, 4.69) is 6.58 Å². The molecule has 0 amide bonds. The molecular weight excluding hydrogens is 196 g/mol. The molecule has 0 aromatic carbocycles. The van der Waals surface area contributed by atoms with Gasteiger partial charge in [0.05, 0.1) is 6.61 Å². The molecular formula is C11H16O4. The fourth-order valence-corrected chi connectivity index (χ4v) is 1.96. The zero-order valence-corrected chi connectivity index (χ0v) is 9.28. The first-order chi connectivity index (χ1) is 6.91. The first kappa shape index (κ1) is 10.6. The van der Waals surface area contributed by atoms with Crippen molar-refractivity contribution in [3.05, 3.63) is 12.2 Å². The maximum atomic E-state index is 11.3. The number of esters is 1. The van der Waals surface area contributed by atoms with Gasteiger partial charge in [0.25, 0.3) is 0 Å². The largest absolute Gasteiger partial charge is 0.456 e. The Morgan fingerprint density at radius 2 is 2.13 bits per heavy atom. The van der Waals surface area contributed by atoms with E-state index in [1.165, 1.54) is 0 Å². The van der Waals surface area contributed by atoms with E-state index < -0.39 is 5.79 Å². The molecule has 2 fully saturated rings. The second kappa shape index (κ2) is 3.32. The molecule has 0 radical (unpaired) electrons. The molecule has 15 heavy (non-hydrogen) atoms. The van der Waals surface area contributed by atoms with Crippen LogP contribution in [0, 0.1) is 5.92 Å². The Morgan fingerprint density at radius 1 is 1.47 bits per heavy atom. The van der Waals surface area contributed by atoms with Gasteiger partial charge < -0.3 is 14.2 Å². The van der Waals surface area contributed by atoms with E-state index in [1.807, 2.05) is 20.8 Å². The SMILES string of the molecule is C=C1C(=O)OC([C@H]2COC(C)(C)O2)[C@@H]1C. The van der Waals surface area contributed by atoms with Gasteiger partial charge in [-0.2, -0.15) is 0 Å². The topological polar surface area (TPSA) is 44.8 Å². The van der Waals surface area contributed by atoms with Crippen LogP contribution in [0.2, 0.25) is 0 Å². The lowest BCUT2D eigenvalue weighted by Gasteiger charge is -2.22. The van der Waals surface area contributed by atoms with E-state index in [9.17, 15) is 4.79 Å². The van der Waals surface area contributed by atoms with Crippen LogP contribution in [-0.2, 0) is 19.0 Å². The predicted molar refractivity (Wildman–Crippen MR) is 53.1 cm³/mol. The third-order valence-corrected chi connectivity index (χ3v) is 2.94. The van der Waals surface area contributed by atoms with Crippen molar-refractivity contribution in [3.8, 4) is 0 Å². The van der Waals surface area contributed by atoms with Crippen LogP contribution >= 0.6 is 0 Å². The second-order valence-electron chi connectivity index (χ2n) is 4.55. The summed E-state index contributed by atoms with van der Waals surface area (Å²) in [6.45, 7) is 9.79. The summed E-state index contributed by atoms with van der Waals surface area (Å²) in [6.07, 6.45) is -0.440. The van der Waals surface area contributed by atoms with E-state index in [-0.39, 0.29) is 24.1 Å². The minimum Gasteiger partial charge on any atom is -0.456 e. The fourth-order valence-electron chi connectivity index (χ4n) is 1.96. The van der Waals surface area contributed by atoms with Crippen molar-refractivity contribution >= 4 is 5.97 Å². The molecule has 0 aromatic rings. The maximum Gasteiger partial charge on any atom is 0.334 e. The molecule has 0 aromatic heterocycles. The molecule has 4 nitrogen and oxygen atoms in total. The number of hydrogen-bond acceptors (Lipinski definition) is 4. The molecule has 2 saturated heterocycles. The molecule has 0 N–H and O–H groups in total. The smallest absolute Gasteiger partial charge is 0.334 e. The van der Waals surface area contributed by atoms with Crippen molar-refractivity contribution in [2.45, 2.75) is 38.8 Å². The summed E-state index contributed by atoms with van der Waals surface area (Å²) < 4.78 is 16.3. The highest BCUT2D eigenvalue weighted by molar-refractivity contribution is 5.90. The summed E-state index contributed by atoms with van der Waals surface area (Å²) >= 11 is 0.